The first kappa shape index (κ1) is 20.3. The third-order valence-corrected chi connectivity index (χ3v) is 6.63. The Kier molecular flexibility index (Phi) is 4.74. The summed E-state index contributed by atoms with van der Waals surface area (Å²) in [6.45, 7) is 5.61. The van der Waals surface area contributed by atoms with Gasteiger partial charge in [0.15, 0.2) is 17.3 Å². The largest absolute Gasteiger partial charge is 0.503 e. The van der Waals surface area contributed by atoms with Gasteiger partial charge in [0.05, 0.1) is 27.2 Å². The second-order valence-corrected chi connectivity index (χ2v) is 8.97. The number of fused-ring (bicyclic) bond motifs is 1. The molecule has 1 atom stereocenters. The molecule has 32 heavy (non-hydrogen) atoms. The first-order valence-corrected chi connectivity index (χ1v) is 10.9. The predicted octanol–water partition coefficient (Wildman–Crippen LogP) is 4.58. The van der Waals surface area contributed by atoms with Crippen molar-refractivity contribution in [3.05, 3.63) is 80.5 Å². The minimum Gasteiger partial charge on any atom is -0.503 e. The van der Waals surface area contributed by atoms with Gasteiger partial charge in [-0.1, -0.05) is 29.8 Å². The number of aromatic nitrogens is 1. The van der Waals surface area contributed by atoms with E-state index in [0.29, 0.717) is 27.8 Å². The Bertz CT molecular complexity index is 1310. The molecule has 1 unspecified atom stereocenters. The highest BCUT2D eigenvalue weighted by atomic mass is 32.1. The number of anilines is 1. The van der Waals surface area contributed by atoms with Crippen molar-refractivity contribution >= 4 is 28.7 Å². The molecule has 2 aromatic carbocycles. The summed E-state index contributed by atoms with van der Waals surface area (Å²) in [7, 11) is 0. The van der Waals surface area contributed by atoms with Gasteiger partial charge in [0.25, 0.3) is 5.91 Å². The fraction of sp³-hybridized carbons (Fsp3) is 0.208. The molecule has 0 aliphatic carbocycles. The number of ether oxygens (including phenoxy) is 2. The van der Waals surface area contributed by atoms with Crippen molar-refractivity contribution in [1.82, 2.24) is 4.98 Å². The SMILES string of the molecule is Cc1cccc(C2C(C(=O)c3sc(C)nc3C)=C(O)C(=O)N2c2ccc3c(c2)OCO3)c1. The highest BCUT2D eigenvalue weighted by molar-refractivity contribution is 7.14. The first-order chi connectivity index (χ1) is 15.3. The van der Waals surface area contributed by atoms with Crippen LogP contribution >= 0.6 is 11.3 Å². The Balaban J connectivity index is 1.67. The van der Waals surface area contributed by atoms with Crippen LogP contribution in [0.15, 0.2) is 53.8 Å². The van der Waals surface area contributed by atoms with Gasteiger partial charge in [-0.3, -0.25) is 14.5 Å². The lowest BCUT2D eigenvalue weighted by molar-refractivity contribution is -0.117. The van der Waals surface area contributed by atoms with Gasteiger partial charge in [-0.2, -0.15) is 0 Å². The molecular formula is C24H20N2O5S. The average molecular weight is 449 g/mol. The highest BCUT2D eigenvalue weighted by Gasteiger charge is 2.45. The molecule has 1 aromatic heterocycles. The van der Waals surface area contributed by atoms with Gasteiger partial charge in [0.2, 0.25) is 12.6 Å². The summed E-state index contributed by atoms with van der Waals surface area (Å²) in [6, 6.07) is 11.9. The maximum atomic E-state index is 13.6. The Morgan fingerprint density at radius 1 is 1.12 bits per heavy atom. The second-order valence-electron chi connectivity index (χ2n) is 7.77. The van der Waals surface area contributed by atoms with Crippen molar-refractivity contribution < 1.29 is 24.2 Å². The number of Topliss-reactive ketones (excluding diaryl/α,β-unsaturated/α-hetero) is 1. The zero-order valence-electron chi connectivity index (χ0n) is 17.7. The molecule has 162 valence electrons. The van der Waals surface area contributed by atoms with Crippen LogP contribution in [0.2, 0.25) is 0 Å². The molecule has 0 fully saturated rings. The molecule has 5 rings (SSSR count). The number of nitrogens with zero attached hydrogens (tertiary/aromatic N) is 2. The number of benzene rings is 2. The lowest BCUT2D eigenvalue weighted by atomic mass is 9.94. The Hall–Kier alpha value is -3.65. The summed E-state index contributed by atoms with van der Waals surface area (Å²) in [5.74, 6) is -0.501. The van der Waals surface area contributed by atoms with Crippen LogP contribution in [0.4, 0.5) is 5.69 Å². The van der Waals surface area contributed by atoms with Crippen LogP contribution in [0.25, 0.3) is 0 Å². The van der Waals surface area contributed by atoms with Crippen LogP contribution in [-0.2, 0) is 4.79 Å². The van der Waals surface area contributed by atoms with Crippen LogP contribution in [-0.4, -0.2) is 28.6 Å². The van der Waals surface area contributed by atoms with Crippen molar-refractivity contribution in [3.8, 4) is 11.5 Å². The summed E-state index contributed by atoms with van der Waals surface area (Å²) in [5.41, 5.74) is 2.82. The molecule has 2 aliphatic heterocycles. The normalized spacial score (nSPS) is 17.4. The molecule has 7 nitrogen and oxygen atoms in total. The zero-order chi connectivity index (χ0) is 22.6. The summed E-state index contributed by atoms with van der Waals surface area (Å²) < 4.78 is 10.9. The number of carbonyl (C=O) groups excluding carboxylic acids is 2. The Labute approximate surface area is 188 Å². The van der Waals surface area contributed by atoms with E-state index in [9.17, 15) is 14.7 Å². The number of aliphatic hydroxyl groups is 1. The van der Waals surface area contributed by atoms with Crippen molar-refractivity contribution in [3.63, 3.8) is 0 Å². The van der Waals surface area contributed by atoms with E-state index in [1.807, 2.05) is 38.1 Å². The van der Waals surface area contributed by atoms with Gasteiger partial charge in [-0.05, 0) is 38.5 Å². The van der Waals surface area contributed by atoms with Crippen molar-refractivity contribution in [1.29, 1.82) is 0 Å². The van der Waals surface area contributed by atoms with Crippen LogP contribution in [0, 0.1) is 20.8 Å². The number of amides is 1. The number of aryl methyl sites for hydroxylation is 3. The highest BCUT2D eigenvalue weighted by Crippen LogP contribution is 2.45. The molecule has 1 amide bonds. The summed E-state index contributed by atoms with van der Waals surface area (Å²) in [6.07, 6.45) is 0. The molecule has 3 aromatic rings. The number of carbonyl (C=O) groups is 2. The molecule has 3 heterocycles. The summed E-state index contributed by atoms with van der Waals surface area (Å²) in [5, 5.41) is 11.7. The van der Waals surface area contributed by atoms with E-state index >= 15 is 0 Å². The van der Waals surface area contributed by atoms with Crippen LogP contribution in [0.3, 0.4) is 0 Å². The molecule has 0 saturated carbocycles. The molecule has 0 saturated heterocycles. The first-order valence-electron chi connectivity index (χ1n) is 10.1. The van der Waals surface area contributed by atoms with E-state index in [0.717, 1.165) is 16.1 Å². The molecule has 0 bridgehead atoms. The average Bonchev–Trinajstić information content (AvgIpc) is 3.43. The number of aliphatic hydroxyl groups excluding tert-OH is 1. The predicted molar refractivity (Wildman–Crippen MR) is 120 cm³/mol. The van der Waals surface area contributed by atoms with Crippen LogP contribution < -0.4 is 14.4 Å². The third kappa shape index (κ3) is 3.15. The molecule has 2 aliphatic rings. The molecule has 0 radical (unpaired) electrons. The number of rotatable bonds is 4. The number of hydrogen-bond donors (Lipinski definition) is 1. The van der Waals surface area contributed by atoms with E-state index in [4.69, 9.17) is 9.47 Å². The van der Waals surface area contributed by atoms with E-state index in [-0.39, 0.29) is 12.4 Å². The standard InChI is InChI=1S/C24H20N2O5S/c1-12-5-4-6-15(9-12)20-19(21(27)23-13(2)25-14(3)32-23)22(28)24(29)26(20)16-7-8-17-18(10-16)31-11-30-17/h4-10,20,28H,11H2,1-3H3. The van der Waals surface area contributed by atoms with E-state index in [2.05, 4.69) is 4.98 Å². The van der Waals surface area contributed by atoms with Gasteiger partial charge < -0.3 is 14.6 Å². The molecule has 8 heteroatoms. The van der Waals surface area contributed by atoms with Gasteiger partial charge in [-0.15, -0.1) is 11.3 Å². The summed E-state index contributed by atoms with van der Waals surface area (Å²) >= 11 is 1.25. The fourth-order valence-corrected chi connectivity index (χ4v) is 5.03. The maximum absolute atomic E-state index is 13.6. The van der Waals surface area contributed by atoms with Crippen LogP contribution in [0.1, 0.15) is 37.5 Å². The smallest absolute Gasteiger partial charge is 0.294 e. The third-order valence-electron chi connectivity index (χ3n) is 5.55. The van der Waals surface area contributed by atoms with Crippen molar-refractivity contribution in [2.24, 2.45) is 0 Å². The molecular weight excluding hydrogens is 428 g/mol. The Morgan fingerprint density at radius 3 is 2.62 bits per heavy atom. The zero-order valence-corrected chi connectivity index (χ0v) is 18.5. The molecule has 0 spiro atoms. The molecule has 1 N–H and O–H groups in total. The number of hydrogen-bond acceptors (Lipinski definition) is 7. The van der Waals surface area contributed by atoms with Gasteiger partial charge >= 0.3 is 0 Å². The van der Waals surface area contributed by atoms with E-state index < -0.39 is 23.5 Å². The summed E-state index contributed by atoms with van der Waals surface area (Å²) in [4.78, 5) is 33.1. The monoisotopic (exact) mass is 448 g/mol. The van der Waals surface area contributed by atoms with E-state index in [1.54, 1.807) is 25.1 Å². The van der Waals surface area contributed by atoms with Gasteiger partial charge in [0, 0.05) is 11.8 Å². The minimum atomic E-state index is -0.794. The second kappa shape index (κ2) is 7.49. The quantitative estimate of drug-likeness (QED) is 0.588. The lowest BCUT2D eigenvalue weighted by Crippen LogP contribution is -2.31. The number of thiazole rings is 1. The lowest BCUT2D eigenvalue weighted by Gasteiger charge is -2.27. The van der Waals surface area contributed by atoms with Crippen LogP contribution in [0.5, 0.6) is 11.5 Å². The number of ketones is 1. The van der Waals surface area contributed by atoms with Crippen molar-refractivity contribution in [2.45, 2.75) is 26.8 Å². The topological polar surface area (TPSA) is 89.0 Å². The fourth-order valence-electron chi connectivity index (χ4n) is 4.16. The Morgan fingerprint density at radius 2 is 1.91 bits per heavy atom. The van der Waals surface area contributed by atoms with Gasteiger partial charge in [-0.25, -0.2) is 4.98 Å². The van der Waals surface area contributed by atoms with Crippen molar-refractivity contribution in [2.75, 3.05) is 11.7 Å². The minimum absolute atomic E-state index is 0.0463. The van der Waals surface area contributed by atoms with E-state index in [1.165, 1.54) is 16.2 Å². The van der Waals surface area contributed by atoms with Gasteiger partial charge in [0.1, 0.15) is 0 Å². The maximum Gasteiger partial charge on any atom is 0.294 e.